The summed E-state index contributed by atoms with van der Waals surface area (Å²) < 4.78 is 22.3. The van der Waals surface area contributed by atoms with Crippen molar-refractivity contribution in [3.63, 3.8) is 0 Å². The van der Waals surface area contributed by atoms with E-state index in [9.17, 15) is 49.8 Å². The van der Waals surface area contributed by atoms with Gasteiger partial charge in [0.15, 0.2) is 0 Å². The van der Waals surface area contributed by atoms with E-state index in [-0.39, 0.29) is 89.4 Å². The van der Waals surface area contributed by atoms with Gasteiger partial charge >= 0.3 is 12.1 Å². The number of amides is 3. The predicted octanol–water partition coefficient (Wildman–Crippen LogP) is 10.2. The lowest BCUT2D eigenvalue weighted by atomic mass is 9.86. The zero-order valence-corrected chi connectivity index (χ0v) is 48.3. The van der Waals surface area contributed by atoms with Crippen molar-refractivity contribution in [3.8, 4) is 23.0 Å². The highest BCUT2D eigenvalue weighted by Crippen LogP contribution is 2.42. The number of hydrogen-bond donors (Lipinski definition) is 10. The minimum Gasteiger partial charge on any atom is -0.508 e. The minimum absolute atomic E-state index is 0. The van der Waals surface area contributed by atoms with E-state index >= 15 is 0 Å². The van der Waals surface area contributed by atoms with Crippen LogP contribution in [-0.4, -0.2) is 105 Å². The number of nitrogens with one attached hydrogen (secondary N) is 2. The van der Waals surface area contributed by atoms with Gasteiger partial charge in [-0.3, -0.25) is 14.4 Å². The van der Waals surface area contributed by atoms with Crippen LogP contribution in [0.5, 0.6) is 23.0 Å². The zero-order valence-electron chi connectivity index (χ0n) is 48.3. The first-order chi connectivity index (χ1) is 37.1. The Balaban J connectivity index is 0.000000541. The SMILES string of the molecule is C.C=CCCc1c(O)cc2c(O)c1C[C@@H](C)C[C@@H](OC)[C@H](O)[C@@H](C)/C=C(\C)[C@H](OC(N)=O)[C@@H](C)/C=C\C=C(/C)C(=O)N2.CO[C@@H]1C[C@H](C)Cc2c(N)c(O)cc(c2O)NC(=O)/C(C)=C/C=C\[C@H](C)[C@@H](OC(C)=O)/C(C)=C/[C@H](C)[C@H]1O. The number of primary amides is 1. The maximum absolute atomic E-state index is 13.0. The Kier molecular flexibility index (Phi) is 28.1. The smallest absolute Gasteiger partial charge is 0.405 e. The molecular formula is C62H92N4O14. The third kappa shape index (κ3) is 19.7. The van der Waals surface area contributed by atoms with Crippen molar-refractivity contribution in [2.45, 2.75) is 159 Å². The van der Waals surface area contributed by atoms with E-state index in [0.29, 0.717) is 59.9 Å². The molecule has 80 heavy (non-hydrogen) atoms. The number of hydrogen-bond acceptors (Lipinski definition) is 15. The number of rotatable bonds is 7. The summed E-state index contributed by atoms with van der Waals surface area (Å²) in [5.41, 5.74) is 15.2. The second kappa shape index (κ2) is 32.4. The average Bonchev–Trinajstić information content (AvgIpc) is 3.38. The molecule has 0 aliphatic carbocycles. The largest absolute Gasteiger partial charge is 0.508 e. The van der Waals surface area contributed by atoms with Crippen LogP contribution in [0.15, 0.2) is 95.7 Å². The highest BCUT2D eigenvalue weighted by molar-refractivity contribution is 6.05. The fraction of sp³-hybridized carbons (Fsp3) is 0.516. The molecule has 444 valence electrons. The van der Waals surface area contributed by atoms with Gasteiger partial charge < -0.3 is 71.7 Å². The van der Waals surface area contributed by atoms with E-state index in [1.165, 1.54) is 33.3 Å². The minimum atomic E-state index is -0.915. The molecule has 2 aliphatic rings. The van der Waals surface area contributed by atoms with Gasteiger partial charge in [-0.1, -0.05) is 104 Å². The Morgan fingerprint density at radius 3 is 1.51 bits per heavy atom. The number of nitrogens with two attached hydrogens (primary N) is 2. The third-order valence-corrected chi connectivity index (χ3v) is 14.5. The quantitative estimate of drug-likeness (QED) is 0.0405. The average molecular weight is 1120 g/mol. The zero-order chi connectivity index (χ0) is 59.6. The molecule has 0 fully saturated rings. The number of ether oxygens (including phenoxy) is 4. The molecule has 18 heteroatoms. The molecule has 2 aromatic rings. The van der Waals surface area contributed by atoms with Crippen LogP contribution >= 0.6 is 0 Å². The second-order valence-corrected chi connectivity index (χ2v) is 21.4. The van der Waals surface area contributed by atoms with Crippen molar-refractivity contribution in [1.29, 1.82) is 0 Å². The van der Waals surface area contributed by atoms with Crippen LogP contribution in [0.25, 0.3) is 0 Å². The Hall–Kier alpha value is -6.86. The van der Waals surface area contributed by atoms with Crippen LogP contribution in [0, 0.1) is 35.5 Å². The number of phenols is 4. The molecule has 0 spiro atoms. The molecule has 0 radical (unpaired) electrons. The molecular weight excluding hydrogens is 1020 g/mol. The first-order valence-electron chi connectivity index (χ1n) is 26.8. The molecule has 2 aromatic carbocycles. The van der Waals surface area contributed by atoms with Crippen molar-refractivity contribution >= 4 is 40.9 Å². The normalized spacial score (nSPS) is 30.1. The molecule has 2 heterocycles. The van der Waals surface area contributed by atoms with Crippen LogP contribution in [-0.2, 0) is 52.6 Å². The fourth-order valence-electron chi connectivity index (χ4n) is 10.0. The van der Waals surface area contributed by atoms with Crippen molar-refractivity contribution in [3.05, 3.63) is 112 Å². The summed E-state index contributed by atoms with van der Waals surface area (Å²) >= 11 is 0. The van der Waals surface area contributed by atoms with Gasteiger partial charge in [0, 0.05) is 84.8 Å². The van der Waals surface area contributed by atoms with E-state index in [4.69, 9.17) is 30.4 Å². The van der Waals surface area contributed by atoms with Gasteiger partial charge in [-0.15, -0.1) is 6.58 Å². The van der Waals surface area contributed by atoms with Gasteiger partial charge in [0.1, 0.15) is 35.2 Å². The van der Waals surface area contributed by atoms with Crippen molar-refractivity contribution in [2.24, 2.45) is 41.2 Å². The van der Waals surface area contributed by atoms with Crippen LogP contribution < -0.4 is 22.1 Å². The molecule has 0 unspecified atom stereocenters. The van der Waals surface area contributed by atoms with E-state index < -0.39 is 60.5 Å². The molecule has 4 rings (SSSR count). The number of aliphatic hydroxyl groups excluding tert-OH is 2. The standard InChI is InChI=1S/C32H46N2O7.C29H42N2O7.CH4/c1-8-9-13-23-24-14-18(2)15-27(40-7)28(36)21(5)16-22(6)30(41-32(33)39)19(3)11-10-12-20(4)31(38)34-25(29(24)37)17-26(23)35;1-15-11-21-25(30)23(33)14-22(27(21)35)31-29(36)17(3)10-8-9-16(2)28(38-20(6)32)19(5)13-18(4)26(34)24(12-15)37-7;/h8,10-12,16-19,21,27-28,30,35-37H,1,9,13-15H2,2-7H3,(H2,33,39)(H,34,38);8-10,13-16,18,24,26,28,33-35H,11-12,30H2,1-7H3,(H,31,36);1H4/b11-10-,20-12+,22-16+;9-8-,17-10+,19-13+;/t18-,19+,21+,27-,28-,30-;15-,16+,18+,24-,26-,28-;/m11./s1. The third-order valence-electron chi connectivity index (χ3n) is 14.5. The van der Waals surface area contributed by atoms with E-state index in [1.54, 1.807) is 50.3 Å². The molecule has 0 saturated heterocycles. The number of aromatic hydroxyl groups is 4. The number of esters is 1. The van der Waals surface area contributed by atoms with Gasteiger partial charge in [0.05, 0.1) is 41.5 Å². The lowest BCUT2D eigenvalue weighted by Gasteiger charge is -2.29. The number of methoxy groups -OCH3 is 2. The molecule has 4 bridgehead atoms. The van der Waals surface area contributed by atoms with Gasteiger partial charge in [0.25, 0.3) is 11.8 Å². The lowest BCUT2D eigenvalue weighted by molar-refractivity contribution is -0.146. The van der Waals surface area contributed by atoms with Gasteiger partial charge in [-0.05, 0) is 89.2 Å². The number of fused-ring (bicyclic) bond motifs is 4. The maximum Gasteiger partial charge on any atom is 0.405 e. The number of aliphatic hydroxyl groups is 2. The van der Waals surface area contributed by atoms with Crippen molar-refractivity contribution < 1.29 is 68.8 Å². The lowest BCUT2D eigenvalue weighted by Crippen LogP contribution is -2.35. The molecule has 2 aliphatic heterocycles. The van der Waals surface area contributed by atoms with E-state index in [2.05, 4.69) is 17.2 Å². The molecule has 12 atom stereocenters. The van der Waals surface area contributed by atoms with Crippen LogP contribution in [0.3, 0.4) is 0 Å². The van der Waals surface area contributed by atoms with E-state index in [0.717, 1.165) is 11.1 Å². The van der Waals surface area contributed by atoms with Gasteiger partial charge in [0.2, 0.25) is 0 Å². The summed E-state index contributed by atoms with van der Waals surface area (Å²) in [6, 6.07) is 2.57. The number of carbonyl (C=O) groups is 4. The van der Waals surface area contributed by atoms with Crippen molar-refractivity contribution in [2.75, 3.05) is 30.6 Å². The number of phenolic OH excluding ortho intramolecular Hbond substituents is 4. The number of anilines is 3. The number of carbonyl (C=O) groups excluding carboxylic acids is 4. The summed E-state index contributed by atoms with van der Waals surface area (Å²) in [6.45, 7) is 23.4. The Bertz CT molecular complexity index is 2650. The summed E-state index contributed by atoms with van der Waals surface area (Å²) in [5, 5.41) is 71.2. The number of nitrogen functional groups attached to an aromatic ring is 1. The second-order valence-electron chi connectivity index (χ2n) is 21.4. The van der Waals surface area contributed by atoms with Crippen LogP contribution in [0.1, 0.15) is 120 Å². The molecule has 0 saturated carbocycles. The Labute approximate surface area is 474 Å². The molecule has 12 N–H and O–H groups in total. The summed E-state index contributed by atoms with van der Waals surface area (Å²) in [7, 11) is 3.06. The first-order valence-corrected chi connectivity index (χ1v) is 26.8. The number of allylic oxidation sites excluding steroid dienone is 5. The molecule has 3 amide bonds. The summed E-state index contributed by atoms with van der Waals surface area (Å²) in [6.07, 6.45) is 13.3. The fourth-order valence-corrected chi connectivity index (χ4v) is 10.0. The van der Waals surface area contributed by atoms with Crippen LogP contribution in [0.2, 0.25) is 0 Å². The topological polar surface area (TPSA) is 303 Å². The van der Waals surface area contributed by atoms with Crippen molar-refractivity contribution in [1.82, 2.24) is 0 Å². The van der Waals surface area contributed by atoms with E-state index in [1.807, 2.05) is 73.6 Å². The monoisotopic (exact) mass is 1120 g/mol. The Morgan fingerprint density at radius 2 is 1.10 bits per heavy atom. The maximum atomic E-state index is 13.0. The summed E-state index contributed by atoms with van der Waals surface area (Å²) in [4.78, 5) is 49.3. The highest BCUT2D eigenvalue weighted by Gasteiger charge is 2.32. The van der Waals surface area contributed by atoms with Crippen LogP contribution in [0.4, 0.5) is 21.9 Å². The number of benzene rings is 2. The molecule has 0 aromatic heterocycles. The predicted molar refractivity (Wildman–Crippen MR) is 315 cm³/mol. The molecule has 18 nitrogen and oxygen atoms in total. The van der Waals surface area contributed by atoms with Gasteiger partial charge in [-0.25, -0.2) is 4.79 Å². The highest BCUT2D eigenvalue weighted by atomic mass is 16.6. The first kappa shape index (κ1) is 69.2. The summed E-state index contributed by atoms with van der Waals surface area (Å²) in [5.74, 6) is -3.36. The van der Waals surface area contributed by atoms with Gasteiger partial charge in [-0.2, -0.15) is 0 Å². The Morgan fingerprint density at radius 1 is 0.688 bits per heavy atom.